The van der Waals surface area contributed by atoms with Crippen molar-refractivity contribution < 1.29 is 13.9 Å². The molecule has 8 heteroatoms. The molecule has 0 atom stereocenters. The Balaban J connectivity index is 2.04. The summed E-state index contributed by atoms with van der Waals surface area (Å²) in [7, 11) is 0. The van der Waals surface area contributed by atoms with Gasteiger partial charge in [-0.1, -0.05) is 6.07 Å². The number of nitrogens with one attached hydrogen (secondary N) is 2. The Morgan fingerprint density at radius 1 is 1.29 bits per heavy atom. The summed E-state index contributed by atoms with van der Waals surface area (Å²) in [6, 6.07) is 8.15. The van der Waals surface area contributed by atoms with Gasteiger partial charge in [0.25, 0.3) is 0 Å². The van der Waals surface area contributed by atoms with Crippen molar-refractivity contribution >= 4 is 17.5 Å². The van der Waals surface area contributed by atoms with Crippen LogP contribution in [0.15, 0.2) is 30.0 Å². The first-order chi connectivity index (χ1) is 13.2. The van der Waals surface area contributed by atoms with Gasteiger partial charge in [-0.05, 0) is 45.7 Å². The van der Waals surface area contributed by atoms with Crippen LogP contribution in [0.2, 0.25) is 0 Å². The van der Waals surface area contributed by atoms with Crippen LogP contribution in [-0.2, 0) is 4.74 Å². The summed E-state index contributed by atoms with van der Waals surface area (Å²) >= 11 is 0. The quantitative estimate of drug-likeness (QED) is 0.767. The number of rotatable bonds is 4. The number of amides is 1. The lowest BCUT2D eigenvalue weighted by Crippen LogP contribution is -2.46. The van der Waals surface area contributed by atoms with Gasteiger partial charge in [-0.2, -0.15) is 10.5 Å². The van der Waals surface area contributed by atoms with Crippen LogP contribution in [-0.4, -0.2) is 30.8 Å². The molecule has 1 heterocycles. The first-order valence-corrected chi connectivity index (χ1v) is 9.03. The minimum absolute atomic E-state index is 0.0141. The number of anilines is 2. The number of carbonyl (C=O) groups excluding carboxylic acids is 1. The Morgan fingerprint density at radius 2 is 1.93 bits per heavy atom. The molecular weight excluding hydrogens is 361 g/mol. The molecule has 0 radical (unpaired) electrons. The lowest BCUT2D eigenvalue weighted by Gasteiger charge is -2.35. The molecule has 1 aromatic carbocycles. The maximum absolute atomic E-state index is 14.3. The van der Waals surface area contributed by atoms with E-state index in [1.54, 1.807) is 24.3 Å². The second-order valence-electron chi connectivity index (χ2n) is 7.47. The van der Waals surface area contributed by atoms with Gasteiger partial charge in [0, 0.05) is 25.3 Å². The Bertz CT molecular complexity index is 808. The molecule has 1 amide bonds. The summed E-state index contributed by atoms with van der Waals surface area (Å²) in [5.74, 6) is -0.474. The van der Waals surface area contributed by atoms with Crippen molar-refractivity contribution in [3.63, 3.8) is 0 Å². The predicted molar refractivity (Wildman–Crippen MR) is 104 cm³/mol. The summed E-state index contributed by atoms with van der Waals surface area (Å²) in [6.07, 6.45) is 2.13. The van der Waals surface area contributed by atoms with E-state index in [1.807, 2.05) is 25.7 Å². The van der Waals surface area contributed by atoms with Crippen LogP contribution < -0.4 is 15.5 Å². The normalized spacial score (nSPS) is 14.4. The van der Waals surface area contributed by atoms with E-state index >= 15 is 0 Å². The molecule has 1 fully saturated rings. The van der Waals surface area contributed by atoms with Gasteiger partial charge >= 0.3 is 6.09 Å². The Hall–Kier alpha value is -3.26. The topological polar surface area (TPSA) is 101 Å². The summed E-state index contributed by atoms with van der Waals surface area (Å²) < 4.78 is 19.6. The van der Waals surface area contributed by atoms with Crippen molar-refractivity contribution in [3.8, 4) is 12.1 Å². The van der Waals surface area contributed by atoms with Gasteiger partial charge in [-0.3, -0.25) is 0 Å². The Kier molecular flexibility index (Phi) is 6.84. The Labute approximate surface area is 164 Å². The van der Waals surface area contributed by atoms with Crippen LogP contribution in [0.1, 0.15) is 33.6 Å². The van der Waals surface area contributed by atoms with Crippen molar-refractivity contribution in [1.29, 1.82) is 10.5 Å². The summed E-state index contributed by atoms with van der Waals surface area (Å²) in [5.41, 5.74) is 0.160. The monoisotopic (exact) mass is 385 g/mol. The number of allylic oxidation sites excluding steroid dienone is 1. The van der Waals surface area contributed by atoms with Gasteiger partial charge in [-0.15, -0.1) is 0 Å². The van der Waals surface area contributed by atoms with Crippen LogP contribution in [0.5, 0.6) is 0 Å². The smallest absolute Gasteiger partial charge is 0.407 e. The van der Waals surface area contributed by atoms with E-state index < -0.39 is 17.5 Å². The number of halogens is 1. The molecule has 1 aromatic rings. The van der Waals surface area contributed by atoms with E-state index in [1.165, 1.54) is 12.3 Å². The van der Waals surface area contributed by atoms with E-state index in [-0.39, 0.29) is 17.3 Å². The lowest BCUT2D eigenvalue weighted by molar-refractivity contribution is 0.0497. The fraction of sp³-hybridized carbons (Fsp3) is 0.450. The zero-order chi connectivity index (χ0) is 20.7. The highest BCUT2D eigenvalue weighted by Gasteiger charge is 2.25. The number of alkyl carbamates (subject to hydrolysis) is 1. The maximum Gasteiger partial charge on any atom is 0.407 e. The minimum atomic E-state index is -0.549. The maximum atomic E-state index is 14.3. The highest BCUT2D eigenvalue weighted by atomic mass is 19.1. The van der Waals surface area contributed by atoms with Crippen molar-refractivity contribution in [2.24, 2.45) is 0 Å². The zero-order valence-corrected chi connectivity index (χ0v) is 16.3. The number of para-hydroxylation sites is 1. The van der Waals surface area contributed by atoms with E-state index in [2.05, 4.69) is 10.6 Å². The van der Waals surface area contributed by atoms with Gasteiger partial charge in [0.2, 0.25) is 0 Å². The highest BCUT2D eigenvalue weighted by Crippen LogP contribution is 2.31. The standard InChI is InChI=1S/C20H24FN5O2/c1-20(2,3)28-19(27)25-15-7-9-26(10-8-15)17-6-4-5-16(21)18(17)24-13-14(11-22)12-23/h4-6,13,15,24H,7-10H2,1-3H3,(H,25,27). The third-order valence-electron chi connectivity index (χ3n) is 4.15. The zero-order valence-electron chi connectivity index (χ0n) is 16.3. The molecule has 2 N–H and O–H groups in total. The molecule has 7 nitrogen and oxygen atoms in total. The third-order valence-corrected chi connectivity index (χ3v) is 4.15. The van der Waals surface area contributed by atoms with Crippen LogP contribution in [0.25, 0.3) is 0 Å². The lowest BCUT2D eigenvalue weighted by atomic mass is 10.0. The molecular formula is C20H24FN5O2. The number of nitriles is 2. The molecule has 0 spiro atoms. The fourth-order valence-electron chi connectivity index (χ4n) is 2.89. The largest absolute Gasteiger partial charge is 0.444 e. The number of nitrogens with zero attached hydrogens (tertiary/aromatic N) is 3. The minimum Gasteiger partial charge on any atom is -0.444 e. The van der Waals surface area contributed by atoms with Crippen molar-refractivity contribution in [2.75, 3.05) is 23.3 Å². The molecule has 1 saturated heterocycles. The van der Waals surface area contributed by atoms with Gasteiger partial charge < -0.3 is 20.3 Å². The van der Waals surface area contributed by atoms with Gasteiger partial charge in [0.15, 0.2) is 0 Å². The molecule has 0 bridgehead atoms. The second-order valence-corrected chi connectivity index (χ2v) is 7.47. The van der Waals surface area contributed by atoms with Crippen molar-refractivity contribution in [2.45, 2.75) is 45.3 Å². The molecule has 1 aliphatic heterocycles. The fourth-order valence-corrected chi connectivity index (χ4v) is 2.89. The number of hydrogen-bond acceptors (Lipinski definition) is 6. The number of hydrogen-bond donors (Lipinski definition) is 2. The third kappa shape index (κ3) is 5.88. The Morgan fingerprint density at radius 3 is 2.50 bits per heavy atom. The average Bonchev–Trinajstić information content (AvgIpc) is 2.62. The van der Waals surface area contributed by atoms with E-state index in [0.29, 0.717) is 31.6 Å². The summed E-state index contributed by atoms with van der Waals surface area (Å²) in [6.45, 7) is 6.67. The molecule has 1 aliphatic rings. The summed E-state index contributed by atoms with van der Waals surface area (Å²) in [5, 5.41) is 23.3. The van der Waals surface area contributed by atoms with Crippen LogP contribution in [0.3, 0.4) is 0 Å². The van der Waals surface area contributed by atoms with Crippen molar-refractivity contribution in [1.82, 2.24) is 5.32 Å². The molecule has 0 aliphatic carbocycles. The van der Waals surface area contributed by atoms with Gasteiger partial charge in [-0.25, -0.2) is 9.18 Å². The molecule has 28 heavy (non-hydrogen) atoms. The second kappa shape index (κ2) is 9.09. The molecule has 0 saturated carbocycles. The predicted octanol–water partition coefficient (Wildman–Crippen LogP) is 3.66. The van der Waals surface area contributed by atoms with E-state index in [9.17, 15) is 9.18 Å². The molecule has 2 rings (SSSR count). The van der Waals surface area contributed by atoms with E-state index in [0.717, 1.165) is 0 Å². The molecule has 0 unspecified atom stereocenters. The molecule has 0 aromatic heterocycles. The van der Waals surface area contributed by atoms with Crippen LogP contribution >= 0.6 is 0 Å². The number of benzene rings is 1. The number of piperidine rings is 1. The van der Waals surface area contributed by atoms with Crippen LogP contribution in [0.4, 0.5) is 20.6 Å². The van der Waals surface area contributed by atoms with Gasteiger partial charge in [0.1, 0.15) is 29.1 Å². The summed E-state index contributed by atoms with van der Waals surface area (Å²) in [4.78, 5) is 13.9. The van der Waals surface area contributed by atoms with Crippen LogP contribution in [0, 0.1) is 28.5 Å². The number of ether oxygens (including phenoxy) is 1. The molecule has 148 valence electrons. The first-order valence-electron chi connectivity index (χ1n) is 9.03. The SMILES string of the molecule is CC(C)(C)OC(=O)NC1CCN(c2cccc(F)c2NC=C(C#N)C#N)CC1. The van der Waals surface area contributed by atoms with Crippen molar-refractivity contribution in [3.05, 3.63) is 35.8 Å². The average molecular weight is 385 g/mol. The first kappa shape index (κ1) is 21.0. The van der Waals surface area contributed by atoms with Gasteiger partial charge in [0.05, 0.1) is 11.4 Å². The van der Waals surface area contributed by atoms with E-state index in [4.69, 9.17) is 15.3 Å². The highest BCUT2D eigenvalue weighted by molar-refractivity contribution is 5.72. The number of carbonyl (C=O) groups is 1.